The molecule has 0 bridgehead atoms. The minimum absolute atomic E-state index is 0.742. The highest BCUT2D eigenvalue weighted by Gasteiger charge is 2.21. The highest BCUT2D eigenvalue weighted by atomic mass is 32.1. The monoisotopic (exact) mass is 238 g/mol. The molecule has 1 aromatic rings. The van der Waals surface area contributed by atoms with Gasteiger partial charge in [-0.25, -0.2) is 4.98 Å². The summed E-state index contributed by atoms with van der Waals surface area (Å²) in [5.74, 6) is 0.742. The lowest BCUT2D eigenvalue weighted by Crippen LogP contribution is -2.36. The summed E-state index contributed by atoms with van der Waals surface area (Å²) in [5, 5.41) is 3.46. The fourth-order valence-electron chi connectivity index (χ4n) is 2.59. The van der Waals surface area contributed by atoms with Crippen molar-refractivity contribution in [3.8, 4) is 0 Å². The molecule has 1 saturated carbocycles. The highest BCUT2D eigenvalue weighted by molar-refractivity contribution is 7.13. The number of rotatable bonds is 2. The zero-order valence-electron chi connectivity index (χ0n) is 9.52. The predicted octanol–water partition coefficient (Wildman–Crippen LogP) is 2.64. The maximum atomic E-state index is 5.36. The van der Waals surface area contributed by atoms with Crippen molar-refractivity contribution in [2.45, 2.75) is 31.6 Å². The van der Waals surface area contributed by atoms with E-state index in [1.165, 1.54) is 36.5 Å². The van der Waals surface area contributed by atoms with Crippen molar-refractivity contribution in [2.75, 3.05) is 31.2 Å². The molecule has 0 N–H and O–H groups in total. The smallest absolute Gasteiger partial charge is 0.185 e. The van der Waals surface area contributed by atoms with E-state index in [0.29, 0.717) is 0 Å². The Morgan fingerprint density at radius 1 is 1.25 bits per heavy atom. The van der Waals surface area contributed by atoms with Crippen molar-refractivity contribution in [1.29, 1.82) is 0 Å². The van der Waals surface area contributed by atoms with Crippen LogP contribution >= 0.6 is 11.3 Å². The van der Waals surface area contributed by atoms with Gasteiger partial charge in [-0.1, -0.05) is 12.8 Å². The van der Waals surface area contributed by atoms with Crippen LogP contribution in [0, 0.1) is 0 Å². The summed E-state index contributed by atoms with van der Waals surface area (Å²) in [5.41, 5.74) is 1.34. The summed E-state index contributed by atoms with van der Waals surface area (Å²) in [4.78, 5) is 7.16. The number of nitrogens with zero attached hydrogens (tertiary/aromatic N) is 2. The van der Waals surface area contributed by atoms with Crippen molar-refractivity contribution >= 4 is 16.5 Å². The third kappa shape index (κ3) is 2.09. The van der Waals surface area contributed by atoms with Gasteiger partial charge in [0, 0.05) is 24.4 Å². The largest absolute Gasteiger partial charge is 0.378 e. The molecule has 2 heterocycles. The van der Waals surface area contributed by atoms with E-state index in [4.69, 9.17) is 9.72 Å². The lowest BCUT2D eigenvalue weighted by Gasteiger charge is -2.26. The molecule has 1 saturated heterocycles. The van der Waals surface area contributed by atoms with Crippen LogP contribution < -0.4 is 4.90 Å². The Labute approximate surface area is 100 Å². The van der Waals surface area contributed by atoms with Gasteiger partial charge in [0.25, 0.3) is 0 Å². The number of aromatic nitrogens is 1. The van der Waals surface area contributed by atoms with Gasteiger partial charge < -0.3 is 9.64 Å². The van der Waals surface area contributed by atoms with Gasteiger partial charge in [-0.2, -0.15) is 0 Å². The molecule has 0 atom stereocenters. The molecule has 0 amide bonds. The Hall–Kier alpha value is -0.610. The molecule has 1 aliphatic heterocycles. The number of thiazole rings is 1. The highest BCUT2D eigenvalue weighted by Crippen LogP contribution is 2.36. The SMILES string of the molecule is c1sc(N2CCOCC2)nc1C1CCCC1. The molecule has 0 unspecified atom stereocenters. The molecule has 0 spiro atoms. The summed E-state index contributed by atoms with van der Waals surface area (Å²) in [6.07, 6.45) is 5.45. The van der Waals surface area contributed by atoms with Gasteiger partial charge in [-0.3, -0.25) is 0 Å². The average molecular weight is 238 g/mol. The van der Waals surface area contributed by atoms with E-state index in [2.05, 4.69) is 10.3 Å². The molecule has 0 aromatic carbocycles. The lowest BCUT2D eigenvalue weighted by atomic mass is 10.1. The first-order valence-corrected chi connectivity index (χ1v) is 7.09. The van der Waals surface area contributed by atoms with Gasteiger partial charge in [0.15, 0.2) is 5.13 Å². The summed E-state index contributed by atoms with van der Waals surface area (Å²) < 4.78 is 5.36. The van der Waals surface area contributed by atoms with Crippen LogP contribution in [-0.4, -0.2) is 31.3 Å². The Balaban J connectivity index is 1.71. The second-order valence-electron chi connectivity index (χ2n) is 4.64. The molecular weight excluding hydrogens is 220 g/mol. The van der Waals surface area contributed by atoms with Gasteiger partial charge in [0.1, 0.15) is 0 Å². The summed E-state index contributed by atoms with van der Waals surface area (Å²) in [6, 6.07) is 0. The quantitative estimate of drug-likeness (QED) is 0.792. The van der Waals surface area contributed by atoms with Gasteiger partial charge >= 0.3 is 0 Å². The molecule has 16 heavy (non-hydrogen) atoms. The Bertz CT molecular complexity index is 341. The summed E-state index contributed by atoms with van der Waals surface area (Å²) in [6.45, 7) is 3.69. The minimum atomic E-state index is 0.742. The first kappa shape index (κ1) is 10.5. The van der Waals surface area contributed by atoms with Crippen molar-refractivity contribution in [3.63, 3.8) is 0 Å². The molecule has 1 aromatic heterocycles. The number of anilines is 1. The molecule has 88 valence electrons. The van der Waals surface area contributed by atoms with Gasteiger partial charge in [0.05, 0.1) is 18.9 Å². The molecule has 3 rings (SSSR count). The van der Waals surface area contributed by atoms with E-state index < -0.39 is 0 Å². The predicted molar refractivity (Wildman–Crippen MR) is 66.4 cm³/mol. The van der Waals surface area contributed by atoms with Gasteiger partial charge in [-0.15, -0.1) is 11.3 Å². The molecule has 3 nitrogen and oxygen atoms in total. The number of hydrogen-bond acceptors (Lipinski definition) is 4. The number of hydrogen-bond donors (Lipinski definition) is 0. The van der Waals surface area contributed by atoms with Crippen LogP contribution in [0.25, 0.3) is 0 Å². The molecule has 0 radical (unpaired) electrons. The fourth-order valence-corrected chi connectivity index (χ4v) is 3.55. The van der Waals surface area contributed by atoms with Crippen LogP contribution in [0.4, 0.5) is 5.13 Å². The molecule has 4 heteroatoms. The zero-order valence-corrected chi connectivity index (χ0v) is 10.3. The summed E-state index contributed by atoms with van der Waals surface area (Å²) in [7, 11) is 0. The lowest BCUT2D eigenvalue weighted by molar-refractivity contribution is 0.122. The third-order valence-corrected chi connectivity index (χ3v) is 4.48. The van der Waals surface area contributed by atoms with E-state index in [0.717, 1.165) is 32.2 Å². The van der Waals surface area contributed by atoms with E-state index in [9.17, 15) is 0 Å². The molecular formula is C12H18N2OS. The fraction of sp³-hybridized carbons (Fsp3) is 0.750. The van der Waals surface area contributed by atoms with Crippen molar-refractivity contribution < 1.29 is 4.74 Å². The van der Waals surface area contributed by atoms with Gasteiger partial charge in [-0.05, 0) is 12.8 Å². The molecule has 2 aliphatic rings. The van der Waals surface area contributed by atoms with Crippen LogP contribution in [0.2, 0.25) is 0 Å². The van der Waals surface area contributed by atoms with Crippen molar-refractivity contribution in [2.24, 2.45) is 0 Å². The zero-order chi connectivity index (χ0) is 10.8. The van der Waals surface area contributed by atoms with Crippen molar-refractivity contribution in [1.82, 2.24) is 4.98 Å². The maximum Gasteiger partial charge on any atom is 0.185 e. The normalized spacial score (nSPS) is 22.9. The second kappa shape index (κ2) is 4.72. The first-order chi connectivity index (χ1) is 7.93. The minimum Gasteiger partial charge on any atom is -0.378 e. The van der Waals surface area contributed by atoms with Crippen molar-refractivity contribution in [3.05, 3.63) is 11.1 Å². The topological polar surface area (TPSA) is 25.4 Å². The Kier molecular flexibility index (Phi) is 3.11. The molecule has 1 aliphatic carbocycles. The van der Waals surface area contributed by atoms with E-state index >= 15 is 0 Å². The first-order valence-electron chi connectivity index (χ1n) is 6.21. The van der Waals surface area contributed by atoms with Crippen LogP contribution in [-0.2, 0) is 4.74 Å². The van der Waals surface area contributed by atoms with Crippen LogP contribution in [0.15, 0.2) is 5.38 Å². The number of ether oxygens (including phenoxy) is 1. The average Bonchev–Trinajstić information content (AvgIpc) is 3.01. The van der Waals surface area contributed by atoms with Crippen LogP contribution in [0.5, 0.6) is 0 Å². The summed E-state index contributed by atoms with van der Waals surface area (Å²) >= 11 is 1.80. The third-order valence-electron chi connectivity index (χ3n) is 3.56. The second-order valence-corrected chi connectivity index (χ2v) is 5.47. The van der Waals surface area contributed by atoms with E-state index in [-0.39, 0.29) is 0 Å². The molecule has 2 fully saturated rings. The van der Waals surface area contributed by atoms with Crippen LogP contribution in [0.3, 0.4) is 0 Å². The Morgan fingerprint density at radius 3 is 2.75 bits per heavy atom. The number of morpholine rings is 1. The van der Waals surface area contributed by atoms with E-state index in [1.54, 1.807) is 11.3 Å². The standard InChI is InChI=1S/C12H18N2OS/c1-2-4-10(3-1)11-9-16-12(13-11)14-5-7-15-8-6-14/h9-10H,1-8H2. The van der Waals surface area contributed by atoms with E-state index in [1.807, 2.05) is 0 Å². The maximum absolute atomic E-state index is 5.36. The van der Waals surface area contributed by atoms with Gasteiger partial charge in [0.2, 0.25) is 0 Å². The Morgan fingerprint density at radius 2 is 2.00 bits per heavy atom. The van der Waals surface area contributed by atoms with Crippen LogP contribution in [0.1, 0.15) is 37.3 Å².